The molecule has 1 aliphatic rings. The predicted octanol–water partition coefficient (Wildman–Crippen LogP) is 2.64. The van der Waals surface area contributed by atoms with Crippen LogP contribution in [0.3, 0.4) is 0 Å². The molecule has 8 heteroatoms. The number of halogens is 1. The van der Waals surface area contributed by atoms with Gasteiger partial charge in [-0.25, -0.2) is 8.42 Å². The fraction of sp³-hybridized carbons (Fsp3) is 0.308. The van der Waals surface area contributed by atoms with E-state index >= 15 is 0 Å². The molecule has 5 nitrogen and oxygen atoms in total. The Labute approximate surface area is 132 Å². The smallest absolute Gasteiger partial charge is 0.252 e. The zero-order valence-corrected chi connectivity index (χ0v) is 13.4. The Morgan fingerprint density at radius 2 is 2.29 bits per heavy atom. The minimum atomic E-state index is -3.40. The number of sulfonamides is 1. The number of rotatable bonds is 4. The van der Waals surface area contributed by atoms with Crippen LogP contribution in [0.2, 0.25) is 5.02 Å². The van der Waals surface area contributed by atoms with Crippen molar-refractivity contribution < 1.29 is 13.2 Å². The van der Waals surface area contributed by atoms with E-state index in [1.807, 2.05) is 0 Å². The van der Waals surface area contributed by atoms with Crippen LogP contribution in [-0.2, 0) is 10.0 Å². The van der Waals surface area contributed by atoms with Gasteiger partial charge in [0.15, 0.2) is 0 Å². The number of hydrogen-bond acceptors (Lipinski definition) is 5. The fourth-order valence-electron chi connectivity index (χ4n) is 2.19. The molecule has 21 heavy (non-hydrogen) atoms. The minimum Gasteiger partial charge on any atom is -0.487 e. The zero-order valence-electron chi connectivity index (χ0n) is 11.0. The summed E-state index contributed by atoms with van der Waals surface area (Å²) in [5.74, 6) is 0.534. The van der Waals surface area contributed by atoms with Gasteiger partial charge in [-0.1, -0.05) is 17.7 Å². The lowest BCUT2D eigenvalue weighted by Crippen LogP contribution is -2.30. The molecule has 0 unspecified atom stereocenters. The van der Waals surface area contributed by atoms with E-state index in [1.165, 1.54) is 21.8 Å². The molecule has 0 saturated carbocycles. The molecule has 1 fully saturated rings. The molecule has 0 radical (unpaired) electrons. The summed E-state index contributed by atoms with van der Waals surface area (Å²) in [6.45, 7) is 0.784. The molecule has 2 aromatic rings. The highest BCUT2D eigenvalue weighted by atomic mass is 35.5. The predicted molar refractivity (Wildman–Crippen MR) is 81.4 cm³/mol. The number of thiophene rings is 1. The maximum absolute atomic E-state index is 12.4. The van der Waals surface area contributed by atoms with Gasteiger partial charge in [0, 0.05) is 25.0 Å². The summed E-state index contributed by atoms with van der Waals surface area (Å²) >= 11 is 7.22. The first-order valence-corrected chi connectivity index (χ1v) is 9.07. The first-order chi connectivity index (χ1) is 10.1. The molecule has 0 amide bonds. The van der Waals surface area contributed by atoms with Gasteiger partial charge in [0.25, 0.3) is 10.0 Å². The Bertz CT molecular complexity index is 719. The van der Waals surface area contributed by atoms with Gasteiger partial charge in [-0.15, -0.1) is 11.3 Å². The number of aromatic nitrogens is 1. The van der Waals surface area contributed by atoms with Crippen LogP contribution in [0.15, 0.2) is 40.2 Å². The lowest BCUT2D eigenvalue weighted by molar-refractivity contribution is 0.215. The van der Waals surface area contributed by atoms with Crippen LogP contribution < -0.4 is 4.74 Å². The molecule has 3 heterocycles. The van der Waals surface area contributed by atoms with Crippen LogP contribution in [0.25, 0.3) is 0 Å². The van der Waals surface area contributed by atoms with E-state index < -0.39 is 10.0 Å². The van der Waals surface area contributed by atoms with Crippen LogP contribution in [0.4, 0.5) is 0 Å². The molecule has 1 aliphatic heterocycles. The number of hydrogen-bond donors (Lipinski definition) is 0. The second kappa shape index (κ2) is 5.92. The third-order valence-electron chi connectivity index (χ3n) is 3.23. The molecule has 0 N–H and O–H groups in total. The van der Waals surface area contributed by atoms with Crippen molar-refractivity contribution in [1.82, 2.24) is 9.29 Å². The maximum atomic E-state index is 12.4. The van der Waals surface area contributed by atoms with Gasteiger partial charge in [0.2, 0.25) is 0 Å². The van der Waals surface area contributed by atoms with Crippen molar-refractivity contribution in [3.8, 4) is 5.75 Å². The second-order valence-corrected chi connectivity index (χ2v) is 8.15. The van der Waals surface area contributed by atoms with Crippen molar-refractivity contribution in [1.29, 1.82) is 0 Å². The van der Waals surface area contributed by atoms with E-state index in [9.17, 15) is 8.42 Å². The summed E-state index contributed by atoms with van der Waals surface area (Å²) in [4.78, 5) is 3.89. The molecule has 0 spiro atoms. The van der Waals surface area contributed by atoms with Crippen molar-refractivity contribution in [2.75, 3.05) is 13.1 Å². The summed E-state index contributed by atoms with van der Waals surface area (Å²) in [5.41, 5.74) is 0. The molecule has 112 valence electrons. The van der Waals surface area contributed by atoms with Crippen molar-refractivity contribution >= 4 is 33.0 Å². The Balaban J connectivity index is 1.70. The highest BCUT2D eigenvalue weighted by Gasteiger charge is 2.34. The maximum Gasteiger partial charge on any atom is 0.252 e. The van der Waals surface area contributed by atoms with E-state index in [0.717, 1.165) is 0 Å². The first-order valence-electron chi connectivity index (χ1n) is 6.37. The molecule has 0 aromatic carbocycles. The first kappa shape index (κ1) is 14.8. The quantitative estimate of drug-likeness (QED) is 0.855. The third-order valence-corrected chi connectivity index (χ3v) is 6.75. The van der Waals surface area contributed by atoms with Crippen LogP contribution in [-0.4, -0.2) is 36.9 Å². The van der Waals surface area contributed by atoms with Crippen LogP contribution >= 0.6 is 22.9 Å². The van der Waals surface area contributed by atoms with Crippen LogP contribution in [0.5, 0.6) is 5.75 Å². The Hall–Kier alpha value is -1.15. The van der Waals surface area contributed by atoms with Gasteiger partial charge in [0.05, 0.1) is 6.54 Å². The molecule has 3 rings (SSSR count). The lowest BCUT2D eigenvalue weighted by atomic mass is 10.3. The fourth-order valence-corrected chi connectivity index (χ4v) is 4.98. The second-order valence-electron chi connectivity index (χ2n) is 4.63. The minimum absolute atomic E-state index is 0.195. The van der Waals surface area contributed by atoms with Gasteiger partial charge < -0.3 is 4.74 Å². The molecule has 2 aromatic heterocycles. The number of pyridine rings is 1. The Kier molecular flexibility index (Phi) is 4.17. The number of nitrogens with zero attached hydrogens (tertiary/aromatic N) is 2. The standard InChI is InChI=1S/C13H13ClN2O3S2/c14-11-8-15-5-3-12(11)19-10-4-6-16(9-10)21(17,18)13-2-1-7-20-13/h1-3,5,7-8,10H,4,6,9H2/t10-/m1/s1. The SMILES string of the molecule is O=S(=O)(c1cccs1)N1CC[C@@H](Oc2ccncc2Cl)C1. The number of ether oxygens (including phenoxy) is 1. The van der Waals surface area contributed by atoms with E-state index in [1.54, 1.807) is 29.8 Å². The van der Waals surface area contributed by atoms with Gasteiger partial charge in [0.1, 0.15) is 21.1 Å². The monoisotopic (exact) mass is 344 g/mol. The van der Waals surface area contributed by atoms with E-state index in [-0.39, 0.29) is 6.10 Å². The average Bonchev–Trinajstić information content (AvgIpc) is 3.12. The third kappa shape index (κ3) is 3.06. The average molecular weight is 345 g/mol. The van der Waals surface area contributed by atoms with Crippen molar-refractivity contribution in [3.05, 3.63) is 41.0 Å². The van der Waals surface area contributed by atoms with Gasteiger partial charge in [-0.3, -0.25) is 4.98 Å². The molecule has 0 aliphatic carbocycles. The zero-order chi connectivity index (χ0) is 14.9. The largest absolute Gasteiger partial charge is 0.487 e. The van der Waals surface area contributed by atoms with Crippen LogP contribution in [0, 0.1) is 0 Å². The topological polar surface area (TPSA) is 59.5 Å². The molecule has 0 bridgehead atoms. The normalized spacial score (nSPS) is 19.8. The van der Waals surface area contributed by atoms with E-state index in [0.29, 0.717) is 34.5 Å². The summed E-state index contributed by atoms with van der Waals surface area (Å²) in [6.07, 6.45) is 3.55. The van der Waals surface area contributed by atoms with Crippen molar-refractivity contribution in [2.45, 2.75) is 16.7 Å². The lowest BCUT2D eigenvalue weighted by Gasteiger charge is -2.16. The summed E-state index contributed by atoms with van der Waals surface area (Å²) < 4.78 is 32.4. The van der Waals surface area contributed by atoms with Crippen molar-refractivity contribution in [3.63, 3.8) is 0 Å². The van der Waals surface area contributed by atoms with E-state index in [2.05, 4.69) is 4.98 Å². The Morgan fingerprint density at radius 1 is 1.43 bits per heavy atom. The summed E-state index contributed by atoms with van der Waals surface area (Å²) in [5, 5.41) is 2.19. The van der Waals surface area contributed by atoms with Crippen LogP contribution in [0.1, 0.15) is 6.42 Å². The molecule has 1 atom stereocenters. The molecular weight excluding hydrogens is 332 g/mol. The summed E-state index contributed by atoms with van der Waals surface area (Å²) in [6, 6.07) is 5.03. The molecular formula is C13H13ClN2O3S2. The van der Waals surface area contributed by atoms with E-state index in [4.69, 9.17) is 16.3 Å². The van der Waals surface area contributed by atoms with Gasteiger partial charge in [-0.2, -0.15) is 4.31 Å². The summed E-state index contributed by atoms with van der Waals surface area (Å²) in [7, 11) is -3.40. The van der Waals surface area contributed by atoms with Crippen molar-refractivity contribution in [2.24, 2.45) is 0 Å². The van der Waals surface area contributed by atoms with Gasteiger partial charge >= 0.3 is 0 Å². The highest BCUT2D eigenvalue weighted by molar-refractivity contribution is 7.91. The van der Waals surface area contributed by atoms with Gasteiger partial charge in [-0.05, 0) is 17.9 Å². The Morgan fingerprint density at radius 3 is 3.00 bits per heavy atom. The molecule has 1 saturated heterocycles. The highest BCUT2D eigenvalue weighted by Crippen LogP contribution is 2.28.